The fraction of sp³-hybridized carbons (Fsp3) is 0.0588. The normalized spacial score (nSPS) is 17.1. The third kappa shape index (κ3) is 4.15. The molecule has 27 heavy (non-hydrogen) atoms. The molecule has 0 unspecified atom stereocenters. The average molecular weight is 402 g/mol. The van der Waals surface area contributed by atoms with Crippen LogP contribution in [0.25, 0.3) is 0 Å². The van der Waals surface area contributed by atoms with Crippen LogP contribution in [-0.4, -0.2) is 34.0 Å². The maximum Gasteiger partial charge on any atom is 0.272 e. The van der Waals surface area contributed by atoms with E-state index in [1.165, 1.54) is 17.3 Å². The summed E-state index contributed by atoms with van der Waals surface area (Å²) in [5.41, 5.74) is 2.99. The van der Waals surface area contributed by atoms with E-state index < -0.39 is 23.6 Å². The molecule has 1 aromatic carbocycles. The molecule has 0 aliphatic carbocycles. The number of benzene rings is 1. The SMILES string of the molecule is O=C(N/N=C\[C@H]1C(=O)NC(=S)N(c2ccc(Cl)cc2)C1=O)c1cccnc1. The minimum Gasteiger partial charge on any atom is -0.301 e. The van der Waals surface area contributed by atoms with Gasteiger partial charge >= 0.3 is 0 Å². The highest BCUT2D eigenvalue weighted by molar-refractivity contribution is 7.80. The van der Waals surface area contributed by atoms with E-state index in [2.05, 4.69) is 20.8 Å². The first kappa shape index (κ1) is 18.6. The van der Waals surface area contributed by atoms with Gasteiger partial charge in [0.05, 0.1) is 11.3 Å². The summed E-state index contributed by atoms with van der Waals surface area (Å²) in [6.07, 6.45) is 3.94. The largest absolute Gasteiger partial charge is 0.301 e. The Labute approximate surface area is 164 Å². The molecule has 1 atom stereocenters. The molecule has 2 aromatic rings. The third-order valence-electron chi connectivity index (χ3n) is 3.60. The number of halogens is 1. The number of carbonyl (C=O) groups is 3. The summed E-state index contributed by atoms with van der Waals surface area (Å²) in [5.74, 6) is -2.99. The second kappa shape index (κ2) is 8.02. The van der Waals surface area contributed by atoms with Crippen LogP contribution in [0.5, 0.6) is 0 Å². The summed E-state index contributed by atoms with van der Waals surface area (Å²) in [6, 6.07) is 9.55. The molecule has 2 heterocycles. The molecular formula is C17H12ClN5O3S. The maximum absolute atomic E-state index is 12.7. The zero-order valence-electron chi connectivity index (χ0n) is 13.6. The molecule has 1 saturated heterocycles. The van der Waals surface area contributed by atoms with Gasteiger partial charge in [-0.2, -0.15) is 5.10 Å². The minimum absolute atomic E-state index is 0.0450. The van der Waals surface area contributed by atoms with Gasteiger partial charge in [-0.15, -0.1) is 0 Å². The molecule has 1 aliphatic heterocycles. The van der Waals surface area contributed by atoms with E-state index in [0.29, 0.717) is 10.7 Å². The molecule has 0 radical (unpaired) electrons. The van der Waals surface area contributed by atoms with Gasteiger partial charge in [-0.05, 0) is 48.6 Å². The fourth-order valence-electron chi connectivity index (χ4n) is 2.29. The Morgan fingerprint density at radius 2 is 2.04 bits per heavy atom. The Balaban J connectivity index is 1.75. The van der Waals surface area contributed by atoms with Crippen molar-refractivity contribution in [3.8, 4) is 0 Å². The van der Waals surface area contributed by atoms with Crippen molar-refractivity contribution in [3.63, 3.8) is 0 Å². The molecule has 10 heteroatoms. The molecule has 1 fully saturated rings. The monoisotopic (exact) mass is 401 g/mol. The van der Waals surface area contributed by atoms with Gasteiger partial charge in [0.15, 0.2) is 11.0 Å². The molecule has 1 aromatic heterocycles. The molecule has 0 saturated carbocycles. The maximum atomic E-state index is 12.7. The summed E-state index contributed by atoms with van der Waals surface area (Å²) >= 11 is 10.9. The van der Waals surface area contributed by atoms with Crippen LogP contribution in [0.2, 0.25) is 5.02 Å². The van der Waals surface area contributed by atoms with Gasteiger partial charge in [0.25, 0.3) is 11.8 Å². The van der Waals surface area contributed by atoms with Crippen LogP contribution in [0.1, 0.15) is 10.4 Å². The zero-order chi connectivity index (χ0) is 19.4. The van der Waals surface area contributed by atoms with Crippen LogP contribution in [-0.2, 0) is 9.59 Å². The van der Waals surface area contributed by atoms with Crippen LogP contribution >= 0.6 is 23.8 Å². The fourth-order valence-corrected chi connectivity index (χ4v) is 2.71. The first-order valence-electron chi connectivity index (χ1n) is 7.65. The number of amides is 3. The Bertz CT molecular complexity index is 933. The summed E-state index contributed by atoms with van der Waals surface area (Å²) in [7, 11) is 0. The lowest BCUT2D eigenvalue weighted by Crippen LogP contribution is -2.58. The average Bonchev–Trinajstić information content (AvgIpc) is 2.66. The molecule has 0 bridgehead atoms. The van der Waals surface area contributed by atoms with Crippen molar-refractivity contribution >= 4 is 58.6 Å². The summed E-state index contributed by atoms with van der Waals surface area (Å²) < 4.78 is 0. The molecule has 3 amide bonds. The third-order valence-corrected chi connectivity index (χ3v) is 4.14. The number of nitrogens with one attached hydrogen (secondary N) is 2. The highest BCUT2D eigenvalue weighted by atomic mass is 35.5. The van der Waals surface area contributed by atoms with Crippen molar-refractivity contribution in [1.82, 2.24) is 15.7 Å². The first-order chi connectivity index (χ1) is 13.0. The number of hydrogen-bond donors (Lipinski definition) is 2. The Kier molecular flexibility index (Phi) is 5.53. The van der Waals surface area contributed by atoms with Crippen molar-refractivity contribution in [3.05, 3.63) is 59.4 Å². The minimum atomic E-state index is -1.25. The van der Waals surface area contributed by atoms with Crippen molar-refractivity contribution in [2.24, 2.45) is 11.0 Å². The number of hydrogen-bond acceptors (Lipinski definition) is 6. The summed E-state index contributed by atoms with van der Waals surface area (Å²) in [6.45, 7) is 0. The van der Waals surface area contributed by atoms with E-state index in [1.54, 1.807) is 36.4 Å². The predicted molar refractivity (Wildman–Crippen MR) is 103 cm³/mol. The van der Waals surface area contributed by atoms with Gasteiger partial charge in [-0.25, -0.2) is 5.43 Å². The predicted octanol–water partition coefficient (Wildman–Crippen LogP) is 1.51. The molecule has 0 spiro atoms. The Morgan fingerprint density at radius 1 is 1.30 bits per heavy atom. The van der Waals surface area contributed by atoms with Gasteiger partial charge in [0.2, 0.25) is 5.91 Å². The second-order valence-corrected chi connectivity index (χ2v) is 6.21. The zero-order valence-corrected chi connectivity index (χ0v) is 15.2. The number of nitrogens with zero attached hydrogens (tertiary/aromatic N) is 3. The topological polar surface area (TPSA) is 104 Å². The first-order valence-corrected chi connectivity index (χ1v) is 8.44. The quantitative estimate of drug-likeness (QED) is 0.350. The highest BCUT2D eigenvalue weighted by Crippen LogP contribution is 2.22. The van der Waals surface area contributed by atoms with Crippen LogP contribution in [0, 0.1) is 5.92 Å². The van der Waals surface area contributed by atoms with Crippen molar-refractivity contribution in [2.75, 3.05) is 4.90 Å². The lowest BCUT2D eigenvalue weighted by Gasteiger charge is -2.30. The lowest BCUT2D eigenvalue weighted by atomic mass is 10.1. The smallest absolute Gasteiger partial charge is 0.272 e. The number of aromatic nitrogens is 1. The van der Waals surface area contributed by atoms with Crippen LogP contribution in [0.15, 0.2) is 53.9 Å². The second-order valence-electron chi connectivity index (χ2n) is 5.38. The molecular weight excluding hydrogens is 390 g/mol. The van der Waals surface area contributed by atoms with E-state index in [9.17, 15) is 14.4 Å². The number of carbonyl (C=O) groups excluding carboxylic acids is 3. The summed E-state index contributed by atoms with van der Waals surface area (Å²) in [5, 5.41) is 6.61. The van der Waals surface area contributed by atoms with Crippen LogP contribution in [0.4, 0.5) is 5.69 Å². The van der Waals surface area contributed by atoms with Crippen molar-refractivity contribution in [1.29, 1.82) is 0 Å². The molecule has 1 aliphatic rings. The number of rotatable bonds is 4. The Morgan fingerprint density at radius 3 is 2.70 bits per heavy atom. The molecule has 8 nitrogen and oxygen atoms in total. The standard InChI is InChI=1S/C17H12ClN5O3S/c18-11-3-5-12(6-4-11)23-16(26)13(15(25)21-17(23)27)9-20-22-14(24)10-2-1-7-19-8-10/h1-9,13H,(H,22,24)(H,21,25,27)/b20-9-/t13-/m0/s1. The van der Waals surface area contributed by atoms with E-state index in [-0.39, 0.29) is 10.7 Å². The molecule has 2 N–H and O–H groups in total. The van der Waals surface area contributed by atoms with E-state index >= 15 is 0 Å². The summed E-state index contributed by atoms with van der Waals surface area (Å²) in [4.78, 5) is 41.7. The van der Waals surface area contributed by atoms with Gasteiger partial charge in [-0.3, -0.25) is 24.3 Å². The lowest BCUT2D eigenvalue weighted by molar-refractivity contribution is -0.130. The number of pyridine rings is 1. The van der Waals surface area contributed by atoms with Gasteiger partial charge < -0.3 is 5.32 Å². The van der Waals surface area contributed by atoms with Gasteiger partial charge in [0, 0.05) is 23.6 Å². The Hall–Kier alpha value is -3.17. The van der Waals surface area contributed by atoms with E-state index in [0.717, 1.165) is 6.21 Å². The van der Waals surface area contributed by atoms with Gasteiger partial charge in [0.1, 0.15) is 0 Å². The van der Waals surface area contributed by atoms with Crippen LogP contribution in [0.3, 0.4) is 0 Å². The van der Waals surface area contributed by atoms with Gasteiger partial charge in [-0.1, -0.05) is 11.6 Å². The highest BCUT2D eigenvalue weighted by Gasteiger charge is 2.38. The van der Waals surface area contributed by atoms with E-state index in [1.807, 2.05) is 0 Å². The molecule has 3 rings (SSSR count). The molecule has 136 valence electrons. The van der Waals surface area contributed by atoms with Crippen LogP contribution < -0.4 is 15.6 Å². The number of thiocarbonyl (C=S) groups is 1. The number of anilines is 1. The van der Waals surface area contributed by atoms with E-state index in [4.69, 9.17) is 23.8 Å². The number of hydrazone groups is 1. The van der Waals surface area contributed by atoms with Crippen molar-refractivity contribution < 1.29 is 14.4 Å². The van der Waals surface area contributed by atoms with Crippen molar-refractivity contribution in [2.45, 2.75) is 0 Å².